The summed E-state index contributed by atoms with van der Waals surface area (Å²) in [5.41, 5.74) is -0.953. The number of fused-ring (bicyclic) bond motifs is 7. The number of carbonyl (C=O) groups is 3. The number of ketones is 1. The highest BCUT2D eigenvalue weighted by atomic mass is 16.5. The van der Waals surface area contributed by atoms with Crippen LogP contribution < -0.4 is 0 Å². The quantitative estimate of drug-likeness (QED) is 0.334. The summed E-state index contributed by atoms with van der Waals surface area (Å²) in [6.45, 7) is 17.2. The molecule has 1 N–H and O–H groups in total. The zero-order chi connectivity index (χ0) is 27.3. The number of carboxylic acid groups (broad SMARTS) is 1. The number of hydrogen-bond donors (Lipinski definition) is 1. The number of aliphatic carboxylic acids is 1. The Hall–Kier alpha value is -1.91. The highest BCUT2D eigenvalue weighted by molar-refractivity contribution is 5.96. The van der Waals surface area contributed by atoms with Gasteiger partial charge in [-0.2, -0.15) is 0 Å². The van der Waals surface area contributed by atoms with Gasteiger partial charge in [0, 0.05) is 18.3 Å². The minimum absolute atomic E-state index is 0.108. The summed E-state index contributed by atoms with van der Waals surface area (Å²) in [7, 11) is 0. The minimum Gasteiger partial charge on any atom is -0.481 e. The Bertz CT molecular complexity index is 1100. The predicted molar refractivity (Wildman–Crippen MR) is 142 cm³/mol. The Morgan fingerprint density at radius 1 is 1.00 bits per heavy atom. The molecule has 204 valence electrons. The molecule has 5 aliphatic carbocycles. The summed E-state index contributed by atoms with van der Waals surface area (Å²) in [4.78, 5) is 39.6. The molecule has 10 atom stereocenters. The van der Waals surface area contributed by atoms with Crippen molar-refractivity contribution in [3.05, 3.63) is 23.8 Å². The minimum atomic E-state index is -0.780. The van der Waals surface area contributed by atoms with E-state index in [-0.39, 0.29) is 51.7 Å². The molecule has 0 bridgehead atoms. The van der Waals surface area contributed by atoms with Crippen LogP contribution in [0.1, 0.15) is 93.9 Å². The van der Waals surface area contributed by atoms with Gasteiger partial charge in [-0.1, -0.05) is 60.1 Å². The highest BCUT2D eigenvalue weighted by Gasteiger charge is 2.72. The third-order valence-corrected chi connectivity index (χ3v) is 12.8. The summed E-state index contributed by atoms with van der Waals surface area (Å²) in [5.74, 6) is -0.484. The molecule has 0 amide bonds. The summed E-state index contributed by atoms with van der Waals surface area (Å²) >= 11 is 0. The normalized spacial score (nSPS) is 50.1. The molecule has 0 saturated heterocycles. The van der Waals surface area contributed by atoms with Crippen LogP contribution in [0.3, 0.4) is 0 Å². The molecular formula is C32H46O5. The van der Waals surface area contributed by atoms with Gasteiger partial charge in [0.2, 0.25) is 0 Å². The Balaban J connectivity index is 1.70. The molecule has 5 aliphatic rings. The molecule has 0 spiro atoms. The first-order chi connectivity index (χ1) is 17.1. The fraction of sp³-hybridized carbons (Fsp3) is 0.781. The van der Waals surface area contributed by atoms with Crippen LogP contribution in [0, 0.1) is 56.7 Å². The van der Waals surface area contributed by atoms with Gasteiger partial charge in [-0.3, -0.25) is 14.4 Å². The van der Waals surface area contributed by atoms with E-state index in [0.29, 0.717) is 18.8 Å². The molecule has 3 unspecified atom stereocenters. The van der Waals surface area contributed by atoms with Crippen molar-refractivity contribution in [3.8, 4) is 0 Å². The lowest BCUT2D eigenvalue weighted by molar-refractivity contribution is -0.205. The molecule has 5 nitrogen and oxygen atoms in total. The number of ether oxygens (including phenoxy) is 1. The first-order valence-corrected chi connectivity index (χ1v) is 14.4. The van der Waals surface area contributed by atoms with Crippen LogP contribution in [0.25, 0.3) is 0 Å². The fourth-order valence-corrected chi connectivity index (χ4v) is 10.5. The lowest BCUT2D eigenvalue weighted by Crippen LogP contribution is -2.68. The monoisotopic (exact) mass is 510 g/mol. The number of allylic oxidation sites excluding steroid dienone is 3. The van der Waals surface area contributed by atoms with Gasteiger partial charge < -0.3 is 9.84 Å². The second-order valence-electron chi connectivity index (χ2n) is 14.7. The molecule has 5 heteroatoms. The molecule has 0 radical (unpaired) electrons. The van der Waals surface area contributed by atoms with Crippen LogP contribution in [0.4, 0.5) is 0 Å². The molecule has 0 heterocycles. The summed E-state index contributed by atoms with van der Waals surface area (Å²) in [5, 5.41) is 10.6. The molecule has 0 aliphatic heterocycles. The number of hydrogen-bond acceptors (Lipinski definition) is 4. The Kier molecular flexibility index (Phi) is 5.81. The zero-order valence-corrected chi connectivity index (χ0v) is 24.0. The second kappa shape index (κ2) is 8.05. The van der Waals surface area contributed by atoms with Gasteiger partial charge in [-0.15, -0.1) is 0 Å². The maximum absolute atomic E-state index is 14.5. The molecule has 0 aromatic rings. The largest absolute Gasteiger partial charge is 0.481 e. The van der Waals surface area contributed by atoms with Gasteiger partial charge in [0.1, 0.15) is 6.10 Å². The lowest BCUT2D eigenvalue weighted by atomic mass is 9.33. The van der Waals surface area contributed by atoms with Crippen molar-refractivity contribution >= 4 is 17.7 Å². The van der Waals surface area contributed by atoms with E-state index >= 15 is 0 Å². The van der Waals surface area contributed by atoms with E-state index in [1.54, 1.807) is 0 Å². The Morgan fingerprint density at radius 3 is 2.30 bits per heavy atom. The van der Waals surface area contributed by atoms with E-state index < -0.39 is 22.9 Å². The molecule has 37 heavy (non-hydrogen) atoms. The SMILES string of the molecule is CC(=O)O[C@H]1C=CC(C)(C)C2CC[C@]3(C)C(C(=O)C=C4C5[C@@H](C)[C@H](C)CC[C@]5(C(=O)O)CC[C@]43C)[C@]21C. The van der Waals surface area contributed by atoms with Crippen molar-refractivity contribution < 1.29 is 24.2 Å². The van der Waals surface area contributed by atoms with Crippen molar-refractivity contribution in [1.82, 2.24) is 0 Å². The summed E-state index contributed by atoms with van der Waals surface area (Å²) < 4.78 is 5.96. The standard InChI is InChI=1S/C32H46O5/c1-18-9-14-32(27(35)36)16-15-29(6)21(25(32)19(18)2)17-22(34)26-30(29,7)13-10-23-28(4,5)12-11-24(31(23,26)8)37-20(3)33/h11-12,17-19,23-26H,9-10,13-16H2,1-8H3,(H,35,36)/t18-,19+,23?,24+,25?,26?,29-,30-,31-,32+/m1/s1. The molecule has 3 fully saturated rings. The first kappa shape index (κ1) is 26.7. The third kappa shape index (κ3) is 3.24. The van der Waals surface area contributed by atoms with Gasteiger partial charge in [-0.25, -0.2) is 0 Å². The van der Waals surface area contributed by atoms with Gasteiger partial charge in [-0.05, 0) is 90.6 Å². The highest BCUT2D eigenvalue weighted by Crippen LogP contribution is 2.74. The van der Waals surface area contributed by atoms with Crippen molar-refractivity contribution in [1.29, 1.82) is 0 Å². The van der Waals surface area contributed by atoms with E-state index in [0.717, 1.165) is 31.3 Å². The van der Waals surface area contributed by atoms with E-state index in [1.165, 1.54) is 6.92 Å². The molecular weight excluding hydrogens is 464 g/mol. The number of carbonyl (C=O) groups excluding carboxylic acids is 2. The smallest absolute Gasteiger partial charge is 0.310 e. The summed E-state index contributed by atoms with van der Waals surface area (Å²) in [6, 6.07) is 0. The number of esters is 1. The molecule has 3 saturated carbocycles. The van der Waals surface area contributed by atoms with Gasteiger partial charge in [0.25, 0.3) is 0 Å². The fourth-order valence-electron chi connectivity index (χ4n) is 10.5. The van der Waals surface area contributed by atoms with Crippen molar-refractivity contribution in [2.24, 2.45) is 56.7 Å². The van der Waals surface area contributed by atoms with Crippen LogP contribution in [-0.4, -0.2) is 28.9 Å². The first-order valence-electron chi connectivity index (χ1n) is 14.4. The Labute approximate surface area is 222 Å². The topological polar surface area (TPSA) is 80.7 Å². The number of rotatable bonds is 2. The van der Waals surface area contributed by atoms with Crippen LogP contribution in [0.15, 0.2) is 23.8 Å². The Morgan fingerprint density at radius 2 is 1.68 bits per heavy atom. The van der Waals surface area contributed by atoms with Crippen molar-refractivity contribution in [2.75, 3.05) is 0 Å². The predicted octanol–water partition coefficient (Wildman–Crippen LogP) is 6.62. The molecule has 0 aromatic carbocycles. The van der Waals surface area contributed by atoms with Crippen LogP contribution in [-0.2, 0) is 19.1 Å². The van der Waals surface area contributed by atoms with E-state index in [2.05, 4.69) is 54.5 Å². The van der Waals surface area contributed by atoms with Crippen LogP contribution >= 0.6 is 0 Å². The average molecular weight is 511 g/mol. The maximum Gasteiger partial charge on any atom is 0.310 e. The van der Waals surface area contributed by atoms with Crippen molar-refractivity contribution in [3.63, 3.8) is 0 Å². The lowest BCUT2D eigenvalue weighted by Gasteiger charge is -2.70. The summed E-state index contributed by atoms with van der Waals surface area (Å²) in [6.07, 6.45) is 10.6. The van der Waals surface area contributed by atoms with Crippen LogP contribution in [0.2, 0.25) is 0 Å². The van der Waals surface area contributed by atoms with E-state index in [1.807, 2.05) is 12.2 Å². The van der Waals surface area contributed by atoms with Crippen molar-refractivity contribution in [2.45, 2.75) is 100 Å². The van der Waals surface area contributed by atoms with E-state index in [4.69, 9.17) is 4.74 Å². The van der Waals surface area contributed by atoms with Gasteiger partial charge in [0.05, 0.1) is 5.41 Å². The maximum atomic E-state index is 14.5. The molecule has 5 rings (SSSR count). The second-order valence-corrected chi connectivity index (χ2v) is 14.7. The average Bonchev–Trinajstić information content (AvgIpc) is 2.79. The third-order valence-electron chi connectivity index (χ3n) is 12.8. The zero-order valence-electron chi connectivity index (χ0n) is 24.0. The van der Waals surface area contributed by atoms with Gasteiger partial charge >= 0.3 is 11.9 Å². The molecule has 0 aromatic heterocycles. The van der Waals surface area contributed by atoms with Crippen LogP contribution in [0.5, 0.6) is 0 Å². The van der Waals surface area contributed by atoms with E-state index in [9.17, 15) is 19.5 Å². The number of carboxylic acids is 1. The van der Waals surface area contributed by atoms with Gasteiger partial charge in [0.15, 0.2) is 5.78 Å².